The summed E-state index contributed by atoms with van der Waals surface area (Å²) in [5, 5.41) is 5.48. The predicted octanol–water partition coefficient (Wildman–Crippen LogP) is 8.21. The van der Waals surface area contributed by atoms with E-state index in [1.165, 1.54) is 69.5 Å². The fourth-order valence-corrected chi connectivity index (χ4v) is 5.38. The van der Waals surface area contributed by atoms with Crippen LogP contribution in [-0.4, -0.2) is 0 Å². The quantitative estimate of drug-likeness (QED) is 0.269. The van der Waals surface area contributed by atoms with Crippen LogP contribution in [-0.2, 0) is 12.8 Å². The molecule has 0 N–H and O–H groups in total. The molecule has 0 bridgehead atoms. The highest BCUT2D eigenvalue weighted by atomic mass is 14.3. The van der Waals surface area contributed by atoms with Gasteiger partial charge in [-0.2, -0.15) is 0 Å². The largest absolute Gasteiger partial charge is 0.0622 e. The minimum absolute atomic E-state index is 1.17. The summed E-state index contributed by atoms with van der Waals surface area (Å²) in [7, 11) is 0. The summed E-state index contributed by atoms with van der Waals surface area (Å²) < 4.78 is 0. The number of rotatable bonds is 2. The van der Waals surface area contributed by atoms with Crippen LogP contribution in [0, 0.1) is 0 Å². The van der Waals surface area contributed by atoms with Crippen LogP contribution >= 0.6 is 0 Å². The summed E-state index contributed by atoms with van der Waals surface area (Å²) in [4.78, 5) is 0. The van der Waals surface area contributed by atoms with E-state index in [0.717, 1.165) is 0 Å². The molecule has 0 atom stereocenters. The summed E-state index contributed by atoms with van der Waals surface area (Å²) in [6, 6.07) is 35.6. The number of benzene rings is 5. The summed E-state index contributed by atoms with van der Waals surface area (Å²) in [6.45, 7) is 0. The minimum atomic E-state index is 1.17. The molecule has 30 heavy (non-hydrogen) atoms. The van der Waals surface area contributed by atoms with Gasteiger partial charge in [-0.25, -0.2) is 0 Å². The van der Waals surface area contributed by atoms with Gasteiger partial charge in [0.15, 0.2) is 0 Å². The van der Waals surface area contributed by atoms with Crippen LogP contribution < -0.4 is 0 Å². The lowest BCUT2D eigenvalue weighted by Gasteiger charge is -2.27. The van der Waals surface area contributed by atoms with Crippen LogP contribution in [0.25, 0.3) is 43.8 Å². The van der Waals surface area contributed by atoms with Gasteiger partial charge in [-0.05, 0) is 80.6 Å². The molecule has 0 spiro atoms. The highest BCUT2D eigenvalue weighted by Crippen LogP contribution is 2.46. The number of hydrogen-bond donors (Lipinski definition) is 0. The zero-order chi connectivity index (χ0) is 19.9. The molecule has 5 aromatic rings. The van der Waals surface area contributed by atoms with Crippen LogP contribution in [0.5, 0.6) is 0 Å². The third-order valence-corrected chi connectivity index (χ3v) is 6.64. The molecule has 0 radical (unpaired) electrons. The van der Waals surface area contributed by atoms with Crippen molar-refractivity contribution in [3.8, 4) is 22.3 Å². The monoisotopic (exact) mass is 384 g/mol. The Morgan fingerprint density at radius 1 is 0.433 bits per heavy atom. The van der Waals surface area contributed by atoms with Gasteiger partial charge in [0.2, 0.25) is 0 Å². The highest BCUT2D eigenvalue weighted by molar-refractivity contribution is 6.19. The van der Waals surface area contributed by atoms with Crippen molar-refractivity contribution in [2.75, 3.05) is 0 Å². The summed E-state index contributed by atoms with van der Waals surface area (Å²) in [5.74, 6) is 0. The van der Waals surface area contributed by atoms with Crippen molar-refractivity contribution in [3.05, 3.63) is 108 Å². The smallest absolute Gasteiger partial charge is 0.00176 e. The zero-order valence-electron chi connectivity index (χ0n) is 17.1. The molecule has 0 aliphatic heterocycles. The van der Waals surface area contributed by atoms with Crippen molar-refractivity contribution in [1.29, 1.82) is 0 Å². The zero-order valence-corrected chi connectivity index (χ0v) is 17.1. The van der Waals surface area contributed by atoms with E-state index >= 15 is 0 Å². The Labute approximate surface area is 177 Å². The summed E-state index contributed by atoms with van der Waals surface area (Å²) in [6.07, 6.45) is 4.89. The average Bonchev–Trinajstić information content (AvgIpc) is 2.83. The second-order valence-electron chi connectivity index (χ2n) is 8.36. The average molecular weight is 385 g/mol. The molecule has 0 fully saturated rings. The molecule has 1 aliphatic rings. The number of hydrogen-bond acceptors (Lipinski definition) is 0. The molecule has 0 heteroatoms. The lowest BCUT2D eigenvalue weighted by molar-refractivity contribution is 0.689. The van der Waals surface area contributed by atoms with Crippen LogP contribution in [0.3, 0.4) is 0 Å². The van der Waals surface area contributed by atoms with Crippen LogP contribution in [0.4, 0.5) is 0 Å². The van der Waals surface area contributed by atoms with Crippen LogP contribution in [0.1, 0.15) is 24.0 Å². The molecule has 1 aliphatic carbocycles. The third-order valence-electron chi connectivity index (χ3n) is 6.64. The van der Waals surface area contributed by atoms with Gasteiger partial charge in [0, 0.05) is 0 Å². The van der Waals surface area contributed by atoms with Gasteiger partial charge in [-0.15, -0.1) is 0 Å². The second-order valence-corrected chi connectivity index (χ2v) is 8.36. The first kappa shape index (κ1) is 17.5. The standard InChI is InChI=1S/C30H24/c1-3-12-22(13-4-1)28-25-17-9-10-18-26(25)29(23-14-5-2-6-15-23)30-24-16-8-7-11-21(24)19-20-27(28)30/h1-8,11-16,19-20H,9-10,17-18H2. The Balaban J connectivity index is 1.87. The Morgan fingerprint density at radius 2 is 1.00 bits per heavy atom. The van der Waals surface area contributed by atoms with Gasteiger partial charge in [0.1, 0.15) is 0 Å². The van der Waals surface area contributed by atoms with Crippen LogP contribution in [0.2, 0.25) is 0 Å². The maximum Gasteiger partial charge on any atom is -0.00176 e. The van der Waals surface area contributed by atoms with Crippen molar-refractivity contribution >= 4 is 21.5 Å². The second kappa shape index (κ2) is 7.15. The van der Waals surface area contributed by atoms with E-state index in [-0.39, 0.29) is 0 Å². The van der Waals surface area contributed by atoms with Crippen molar-refractivity contribution in [2.45, 2.75) is 25.7 Å². The van der Waals surface area contributed by atoms with Gasteiger partial charge in [-0.3, -0.25) is 0 Å². The minimum Gasteiger partial charge on any atom is -0.0622 e. The van der Waals surface area contributed by atoms with Gasteiger partial charge in [-0.1, -0.05) is 97.1 Å². The van der Waals surface area contributed by atoms with E-state index in [1.807, 2.05) is 0 Å². The van der Waals surface area contributed by atoms with Crippen molar-refractivity contribution in [2.24, 2.45) is 0 Å². The molecule has 144 valence electrons. The molecule has 0 amide bonds. The van der Waals surface area contributed by atoms with Crippen molar-refractivity contribution in [1.82, 2.24) is 0 Å². The fraction of sp³-hybridized carbons (Fsp3) is 0.133. The van der Waals surface area contributed by atoms with Crippen molar-refractivity contribution in [3.63, 3.8) is 0 Å². The molecular formula is C30H24. The molecule has 5 aromatic carbocycles. The lowest BCUT2D eigenvalue weighted by atomic mass is 9.77. The Morgan fingerprint density at radius 3 is 1.70 bits per heavy atom. The Kier molecular flexibility index (Phi) is 4.16. The molecule has 0 nitrogen and oxygen atoms in total. The Hall–Kier alpha value is -3.38. The van der Waals surface area contributed by atoms with E-state index < -0.39 is 0 Å². The Bertz CT molecular complexity index is 1360. The first-order valence-corrected chi connectivity index (χ1v) is 11.0. The van der Waals surface area contributed by atoms with Gasteiger partial charge in [0.25, 0.3) is 0 Å². The van der Waals surface area contributed by atoms with E-state index in [4.69, 9.17) is 0 Å². The van der Waals surface area contributed by atoms with Gasteiger partial charge < -0.3 is 0 Å². The van der Waals surface area contributed by atoms with Crippen molar-refractivity contribution < 1.29 is 0 Å². The lowest BCUT2D eigenvalue weighted by Crippen LogP contribution is -2.08. The van der Waals surface area contributed by atoms with E-state index in [1.54, 1.807) is 11.1 Å². The van der Waals surface area contributed by atoms with E-state index in [0.29, 0.717) is 0 Å². The normalized spacial score (nSPS) is 13.5. The first-order valence-electron chi connectivity index (χ1n) is 11.0. The highest BCUT2D eigenvalue weighted by Gasteiger charge is 2.24. The summed E-state index contributed by atoms with van der Waals surface area (Å²) in [5.41, 5.74) is 8.72. The van der Waals surface area contributed by atoms with E-state index in [2.05, 4.69) is 97.1 Å². The molecular weight excluding hydrogens is 360 g/mol. The first-order chi connectivity index (χ1) is 14.9. The molecule has 0 aromatic heterocycles. The SMILES string of the molecule is c1ccc(-c2c3c(c(-c4ccccc4)c4c2ccc2ccccc24)CCCC3)cc1. The third kappa shape index (κ3) is 2.68. The number of fused-ring (bicyclic) bond motifs is 4. The van der Waals surface area contributed by atoms with Gasteiger partial charge >= 0.3 is 0 Å². The molecule has 6 rings (SSSR count). The fourth-order valence-electron chi connectivity index (χ4n) is 5.38. The van der Waals surface area contributed by atoms with Crippen LogP contribution in [0.15, 0.2) is 97.1 Å². The molecule has 0 saturated heterocycles. The maximum absolute atomic E-state index is 2.36. The van der Waals surface area contributed by atoms with E-state index in [9.17, 15) is 0 Å². The maximum atomic E-state index is 2.36. The molecule has 0 heterocycles. The van der Waals surface area contributed by atoms with Gasteiger partial charge in [0.05, 0.1) is 0 Å². The predicted molar refractivity (Wildman–Crippen MR) is 129 cm³/mol. The molecule has 0 saturated carbocycles. The summed E-state index contributed by atoms with van der Waals surface area (Å²) >= 11 is 0. The topological polar surface area (TPSA) is 0 Å². The molecule has 0 unspecified atom stereocenters.